The van der Waals surface area contributed by atoms with Crippen LogP contribution in [0.15, 0.2) is 47.6 Å². The first-order valence-electron chi connectivity index (χ1n) is 9.28. The van der Waals surface area contributed by atoms with Crippen LogP contribution < -0.4 is 16.1 Å². The lowest BCUT2D eigenvalue weighted by molar-refractivity contribution is 0.524. The molecule has 0 aliphatic heterocycles. The van der Waals surface area contributed by atoms with E-state index in [-0.39, 0.29) is 22.4 Å². The first kappa shape index (κ1) is 20.2. The molecule has 2 aromatic rings. The number of hydrogen-bond acceptors (Lipinski definition) is 3. The standard InChI is InChI=1S/C21H24F2N4S/c1-27(17-8-7-15(10-17)9-14-5-3-2-4-6-14)20-12-18(22)16(11-19(20)23)13-25-26-21(24)28/h2-6,11-13,15,17H,7-10H2,1H3,(H3,24,26,28)/t15?,17-/m0/s1. The monoisotopic (exact) mass is 402 g/mol. The molecule has 0 heterocycles. The van der Waals surface area contributed by atoms with E-state index in [2.05, 4.69) is 34.9 Å². The van der Waals surface area contributed by atoms with Crippen molar-refractivity contribution in [2.24, 2.45) is 16.8 Å². The molecule has 1 aliphatic carbocycles. The van der Waals surface area contributed by atoms with E-state index in [9.17, 15) is 8.78 Å². The topological polar surface area (TPSA) is 53.6 Å². The molecule has 1 unspecified atom stereocenters. The van der Waals surface area contributed by atoms with Crippen LogP contribution in [0, 0.1) is 17.6 Å². The van der Waals surface area contributed by atoms with Gasteiger partial charge in [-0.1, -0.05) is 30.3 Å². The van der Waals surface area contributed by atoms with E-state index in [1.54, 1.807) is 0 Å². The number of hydrazone groups is 1. The molecule has 0 amide bonds. The van der Waals surface area contributed by atoms with E-state index in [0.717, 1.165) is 38.0 Å². The van der Waals surface area contributed by atoms with Gasteiger partial charge < -0.3 is 10.6 Å². The van der Waals surface area contributed by atoms with Gasteiger partial charge in [-0.25, -0.2) is 8.78 Å². The van der Waals surface area contributed by atoms with E-state index in [1.807, 2.05) is 30.1 Å². The Morgan fingerprint density at radius 1 is 1.25 bits per heavy atom. The molecule has 7 heteroatoms. The minimum absolute atomic E-state index is 0.0341. The summed E-state index contributed by atoms with van der Waals surface area (Å²) in [6.45, 7) is 0. The molecule has 1 saturated carbocycles. The Morgan fingerprint density at radius 2 is 2.00 bits per heavy atom. The maximum Gasteiger partial charge on any atom is 0.184 e. The normalized spacial score (nSPS) is 19.1. The van der Waals surface area contributed by atoms with Crippen molar-refractivity contribution in [3.8, 4) is 0 Å². The van der Waals surface area contributed by atoms with Crippen LogP contribution in [0.3, 0.4) is 0 Å². The molecule has 28 heavy (non-hydrogen) atoms. The SMILES string of the molecule is CN(c1cc(F)c(C=NNC(N)=S)cc1F)[C@H]1CCC(Cc2ccccc2)C1. The lowest BCUT2D eigenvalue weighted by Crippen LogP contribution is -2.30. The highest BCUT2D eigenvalue weighted by molar-refractivity contribution is 7.80. The highest BCUT2D eigenvalue weighted by Crippen LogP contribution is 2.34. The van der Waals surface area contributed by atoms with Crippen molar-refractivity contribution in [3.63, 3.8) is 0 Å². The fourth-order valence-electron chi connectivity index (χ4n) is 3.82. The molecule has 3 N–H and O–H groups in total. The third-order valence-corrected chi connectivity index (χ3v) is 5.34. The van der Waals surface area contributed by atoms with Crippen LogP contribution in [0.1, 0.15) is 30.4 Å². The van der Waals surface area contributed by atoms with Gasteiger partial charge in [0.2, 0.25) is 0 Å². The van der Waals surface area contributed by atoms with Crippen molar-refractivity contribution in [2.75, 3.05) is 11.9 Å². The van der Waals surface area contributed by atoms with Crippen LogP contribution in [0.2, 0.25) is 0 Å². The molecule has 0 aromatic heterocycles. The summed E-state index contributed by atoms with van der Waals surface area (Å²) in [5.41, 5.74) is 9.20. The Hall–Kier alpha value is -2.54. The predicted octanol–water partition coefficient (Wildman–Crippen LogP) is 3.98. The average Bonchev–Trinajstić information content (AvgIpc) is 3.12. The summed E-state index contributed by atoms with van der Waals surface area (Å²) in [6.07, 6.45) is 5.20. The number of hydrogen-bond donors (Lipinski definition) is 2. The van der Waals surface area contributed by atoms with E-state index >= 15 is 0 Å². The summed E-state index contributed by atoms with van der Waals surface area (Å²) in [7, 11) is 1.83. The van der Waals surface area contributed by atoms with Crippen LogP contribution in [0.5, 0.6) is 0 Å². The molecule has 4 nitrogen and oxygen atoms in total. The van der Waals surface area contributed by atoms with Crippen molar-refractivity contribution in [1.29, 1.82) is 0 Å². The van der Waals surface area contributed by atoms with Gasteiger partial charge in [0.05, 0.1) is 11.9 Å². The Bertz CT molecular complexity index is 857. The third-order valence-electron chi connectivity index (χ3n) is 5.25. The van der Waals surface area contributed by atoms with Gasteiger partial charge in [-0.3, -0.25) is 5.43 Å². The zero-order valence-electron chi connectivity index (χ0n) is 15.7. The number of rotatable bonds is 6. The maximum atomic E-state index is 14.6. The number of benzene rings is 2. The second kappa shape index (κ2) is 9.10. The van der Waals surface area contributed by atoms with Gasteiger partial charge in [-0.05, 0) is 55.4 Å². The molecule has 1 fully saturated rings. The van der Waals surface area contributed by atoms with Crippen LogP contribution in [-0.4, -0.2) is 24.4 Å². The van der Waals surface area contributed by atoms with Crippen molar-refractivity contribution in [3.05, 3.63) is 65.2 Å². The molecule has 0 spiro atoms. The molecule has 0 bridgehead atoms. The number of anilines is 1. The number of halogens is 2. The number of thiocarbonyl (C=S) groups is 1. The summed E-state index contributed by atoms with van der Waals surface area (Å²) in [6, 6.07) is 12.9. The van der Waals surface area contributed by atoms with Crippen molar-refractivity contribution in [1.82, 2.24) is 5.43 Å². The highest BCUT2D eigenvalue weighted by Gasteiger charge is 2.29. The molecule has 1 aliphatic rings. The van der Waals surface area contributed by atoms with E-state index < -0.39 is 11.6 Å². The Balaban J connectivity index is 1.67. The van der Waals surface area contributed by atoms with Gasteiger partial charge in [-0.15, -0.1) is 0 Å². The molecular weight excluding hydrogens is 378 g/mol. The average molecular weight is 403 g/mol. The highest BCUT2D eigenvalue weighted by atomic mass is 32.1. The second-order valence-corrected chi connectivity index (χ2v) is 7.63. The van der Waals surface area contributed by atoms with E-state index in [1.165, 1.54) is 11.6 Å². The predicted molar refractivity (Wildman–Crippen MR) is 114 cm³/mol. The van der Waals surface area contributed by atoms with Crippen molar-refractivity contribution in [2.45, 2.75) is 31.7 Å². The number of nitrogens with one attached hydrogen (secondary N) is 1. The van der Waals surface area contributed by atoms with Crippen LogP contribution in [0.4, 0.5) is 14.5 Å². The lowest BCUT2D eigenvalue weighted by atomic mass is 9.98. The molecule has 3 rings (SSSR count). The fraction of sp³-hybridized carbons (Fsp3) is 0.333. The zero-order valence-corrected chi connectivity index (χ0v) is 16.6. The minimum atomic E-state index is -0.546. The quantitative estimate of drug-likeness (QED) is 0.436. The van der Waals surface area contributed by atoms with Gasteiger partial charge >= 0.3 is 0 Å². The van der Waals surface area contributed by atoms with Gasteiger partial charge in [0.15, 0.2) is 5.11 Å². The number of nitrogens with two attached hydrogens (primary N) is 1. The first-order valence-corrected chi connectivity index (χ1v) is 9.69. The molecule has 2 aromatic carbocycles. The molecular formula is C21H24F2N4S. The maximum absolute atomic E-state index is 14.6. The molecule has 148 valence electrons. The zero-order chi connectivity index (χ0) is 20.1. The Morgan fingerprint density at radius 3 is 2.71 bits per heavy atom. The largest absolute Gasteiger partial charge is 0.375 e. The summed E-state index contributed by atoms with van der Waals surface area (Å²) in [5.74, 6) is -0.469. The molecule has 0 saturated heterocycles. The summed E-state index contributed by atoms with van der Waals surface area (Å²) in [5, 5.41) is 3.64. The van der Waals surface area contributed by atoms with Crippen molar-refractivity contribution < 1.29 is 8.78 Å². The van der Waals surface area contributed by atoms with Crippen LogP contribution in [-0.2, 0) is 6.42 Å². The first-order chi connectivity index (χ1) is 13.4. The van der Waals surface area contributed by atoms with E-state index in [0.29, 0.717) is 5.92 Å². The Labute approximate surface area is 169 Å². The van der Waals surface area contributed by atoms with Gasteiger partial charge in [0.25, 0.3) is 0 Å². The van der Waals surface area contributed by atoms with Gasteiger partial charge in [-0.2, -0.15) is 5.10 Å². The van der Waals surface area contributed by atoms with Crippen LogP contribution in [0.25, 0.3) is 0 Å². The smallest absolute Gasteiger partial charge is 0.184 e. The minimum Gasteiger partial charge on any atom is -0.375 e. The second-order valence-electron chi connectivity index (χ2n) is 7.19. The lowest BCUT2D eigenvalue weighted by Gasteiger charge is -2.27. The molecule has 2 atom stereocenters. The summed E-state index contributed by atoms with van der Waals surface area (Å²) in [4.78, 5) is 1.86. The molecule has 0 radical (unpaired) electrons. The van der Waals surface area contributed by atoms with Crippen molar-refractivity contribution >= 4 is 29.2 Å². The van der Waals surface area contributed by atoms with E-state index in [4.69, 9.17) is 5.73 Å². The summed E-state index contributed by atoms with van der Waals surface area (Å²) >= 11 is 4.61. The number of nitrogens with zero attached hydrogens (tertiary/aromatic N) is 2. The third kappa shape index (κ3) is 5.04. The van der Waals surface area contributed by atoms with Gasteiger partial charge in [0, 0.05) is 24.7 Å². The Kier molecular flexibility index (Phi) is 6.57. The fourth-order valence-corrected chi connectivity index (χ4v) is 3.87. The van der Waals surface area contributed by atoms with Crippen LogP contribution >= 0.6 is 12.2 Å². The van der Waals surface area contributed by atoms with Gasteiger partial charge in [0.1, 0.15) is 11.6 Å². The summed E-state index contributed by atoms with van der Waals surface area (Å²) < 4.78 is 29.0.